The topological polar surface area (TPSA) is 67.2 Å². The Labute approximate surface area is 156 Å². The molecule has 0 atom stereocenters. The lowest BCUT2D eigenvalue weighted by Crippen LogP contribution is -2.39. The Hall–Kier alpha value is -2.48. The van der Waals surface area contributed by atoms with Gasteiger partial charge in [0, 0.05) is 46.1 Å². The van der Waals surface area contributed by atoms with Crippen LogP contribution in [0, 0.1) is 5.92 Å². The number of pyridine rings is 1. The maximum atomic E-state index is 12.4. The average molecular weight is 370 g/mol. The number of aromatic nitrogens is 4. The van der Waals surface area contributed by atoms with Gasteiger partial charge in [0.2, 0.25) is 0 Å². The summed E-state index contributed by atoms with van der Waals surface area (Å²) in [5.74, 6) is 0.506. The second-order valence-corrected chi connectivity index (χ2v) is 7.89. The van der Waals surface area contributed by atoms with Crippen molar-refractivity contribution in [1.82, 2.24) is 24.4 Å². The van der Waals surface area contributed by atoms with Crippen LogP contribution in [0.3, 0.4) is 0 Å². The zero-order valence-electron chi connectivity index (χ0n) is 15.0. The van der Waals surface area contributed by atoms with Crippen LogP contribution >= 0.6 is 11.3 Å². The van der Waals surface area contributed by atoms with Gasteiger partial charge in [-0.15, -0.1) is 0 Å². The summed E-state index contributed by atoms with van der Waals surface area (Å²) in [6, 6.07) is 2.02. The number of hydrogen-bond donors (Lipinski definition) is 0. The first-order valence-electron chi connectivity index (χ1n) is 8.79. The summed E-state index contributed by atoms with van der Waals surface area (Å²) >= 11 is 1.72. The van der Waals surface area contributed by atoms with Crippen molar-refractivity contribution in [3.05, 3.63) is 36.7 Å². The number of aryl methyl sites for hydroxylation is 1. The molecule has 26 heavy (non-hydrogen) atoms. The van der Waals surface area contributed by atoms with Gasteiger partial charge in [-0.25, -0.2) is 9.97 Å². The fourth-order valence-corrected chi connectivity index (χ4v) is 4.38. The smallest absolute Gasteiger partial charge is 0.273 e. The number of carbonyl (C=O) groups excluding carboxylic acids is 1. The molecule has 7 nitrogen and oxygen atoms in total. The molecule has 0 saturated carbocycles. The molecule has 1 aliphatic rings. The predicted molar refractivity (Wildman–Crippen MR) is 103 cm³/mol. The molecule has 1 aliphatic heterocycles. The highest BCUT2D eigenvalue weighted by Crippen LogP contribution is 2.31. The molecule has 0 unspecified atom stereocenters. The van der Waals surface area contributed by atoms with Gasteiger partial charge in [-0.05, 0) is 24.8 Å². The number of piperidine rings is 1. The number of imidazole rings is 1. The molecular formula is C18H22N6OS. The van der Waals surface area contributed by atoms with Crippen LogP contribution in [-0.4, -0.2) is 57.0 Å². The molecule has 3 aromatic heterocycles. The Balaban J connectivity index is 1.34. The Bertz CT molecular complexity index is 878. The fourth-order valence-electron chi connectivity index (χ4n) is 3.40. The summed E-state index contributed by atoms with van der Waals surface area (Å²) in [6.07, 6.45) is 9.18. The molecule has 1 fully saturated rings. The second-order valence-electron chi connectivity index (χ2n) is 6.88. The lowest BCUT2D eigenvalue weighted by atomic mass is 9.96. The van der Waals surface area contributed by atoms with E-state index in [9.17, 15) is 4.79 Å². The van der Waals surface area contributed by atoms with Crippen molar-refractivity contribution in [1.29, 1.82) is 0 Å². The minimum atomic E-state index is -0.00768. The van der Waals surface area contributed by atoms with Gasteiger partial charge >= 0.3 is 0 Å². The fraction of sp³-hybridized carbons (Fsp3) is 0.444. The number of amides is 1. The molecule has 4 rings (SSSR count). The summed E-state index contributed by atoms with van der Waals surface area (Å²) < 4.78 is 2.98. The maximum absolute atomic E-state index is 12.4. The third-order valence-electron chi connectivity index (χ3n) is 4.87. The monoisotopic (exact) mass is 370 g/mol. The summed E-state index contributed by atoms with van der Waals surface area (Å²) in [7, 11) is 3.74. The number of fused-ring (bicyclic) bond motifs is 1. The van der Waals surface area contributed by atoms with Crippen molar-refractivity contribution in [2.75, 3.05) is 31.6 Å². The van der Waals surface area contributed by atoms with Crippen LogP contribution in [0.4, 0.5) is 5.13 Å². The zero-order chi connectivity index (χ0) is 18.1. The van der Waals surface area contributed by atoms with Crippen molar-refractivity contribution in [2.24, 2.45) is 13.0 Å². The lowest BCUT2D eigenvalue weighted by molar-refractivity contribution is 0.0759. The Kier molecular flexibility index (Phi) is 4.58. The molecular weight excluding hydrogens is 348 g/mol. The minimum Gasteiger partial charge on any atom is -0.348 e. The molecule has 1 saturated heterocycles. The van der Waals surface area contributed by atoms with E-state index >= 15 is 0 Å². The van der Waals surface area contributed by atoms with Gasteiger partial charge in [-0.3, -0.25) is 9.78 Å². The summed E-state index contributed by atoms with van der Waals surface area (Å²) in [6.45, 7) is 2.72. The van der Waals surface area contributed by atoms with Crippen LogP contribution in [0.25, 0.3) is 10.2 Å². The summed E-state index contributed by atoms with van der Waals surface area (Å²) in [5, 5.41) is 1.07. The van der Waals surface area contributed by atoms with Crippen molar-refractivity contribution >= 4 is 32.6 Å². The minimum absolute atomic E-state index is 0.00768. The van der Waals surface area contributed by atoms with Crippen LogP contribution in [0.2, 0.25) is 0 Å². The molecule has 136 valence electrons. The van der Waals surface area contributed by atoms with E-state index < -0.39 is 0 Å². The van der Waals surface area contributed by atoms with Crippen LogP contribution < -0.4 is 4.90 Å². The van der Waals surface area contributed by atoms with Crippen LogP contribution in [0.15, 0.2) is 31.0 Å². The number of hydrogen-bond acceptors (Lipinski definition) is 6. The summed E-state index contributed by atoms with van der Waals surface area (Å²) in [5.41, 5.74) is 1.48. The second kappa shape index (κ2) is 7.03. The number of carbonyl (C=O) groups is 1. The molecule has 3 aromatic rings. The van der Waals surface area contributed by atoms with E-state index in [0.717, 1.165) is 43.1 Å². The van der Waals surface area contributed by atoms with Crippen LogP contribution in [-0.2, 0) is 7.05 Å². The van der Waals surface area contributed by atoms with E-state index in [1.165, 1.54) is 4.70 Å². The highest BCUT2D eigenvalue weighted by molar-refractivity contribution is 7.22. The highest BCUT2D eigenvalue weighted by atomic mass is 32.1. The first-order valence-corrected chi connectivity index (χ1v) is 9.61. The van der Waals surface area contributed by atoms with Crippen LogP contribution in [0.1, 0.15) is 23.3 Å². The molecule has 0 aromatic carbocycles. The Morgan fingerprint density at radius 1 is 1.38 bits per heavy atom. The number of anilines is 1. The highest BCUT2D eigenvalue weighted by Gasteiger charge is 2.24. The molecule has 0 radical (unpaired) electrons. The Morgan fingerprint density at radius 3 is 2.88 bits per heavy atom. The third-order valence-corrected chi connectivity index (χ3v) is 5.96. The molecule has 0 N–H and O–H groups in total. The lowest BCUT2D eigenvalue weighted by Gasteiger charge is -2.33. The largest absolute Gasteiger partial charge is 0.348 e. The zero-order valence-corrected chi connectivity index (χ0v) is 15.8. The number of nitrogens with zero attached hydrogens (tertiary/aromatic N) is 6. The molecule has 4 heterocycles. The van der Waals surface area contributed by atoms with Gasteiger partial charge in [-0.2, -0.15) is 0 Å². The van der Waals surface area contributed by atoms with Gasteiger partial charge in [0.05, 0.1) is 17.2 Å². The van der Waals surface area contributed by atoms with E-state index in [2.05, 4.69) is 14.9 Å². The van der Waals surface area contributed by atoms with Crippen LogP contribution in [0.5, 0.6) is 0 Å². The van der Waals surface area contributed by atoms with E-state index in [-0.39, 0.29) is 5.91 Å². The number of thiazole rings is 1. The molecule has 8 heteroatoms. The molecule has 1 amide bonds. The standard InChI is InChI=1S/C18H22N6OS/c1-22-11-15(20-12-22)17(25)23(2)10-13-4-7-24(8-5-13)18-21-14-9-19-6-3-16(14)26-18/h3,6,9,11-13H,4-5,7-8,10H2,1-2H3. The average Bonchev–Trinajstić information content (AvgIpc) is 3.27. The van der Waals surface area contributed by atoms with Gasteiger partial charge in [0.15, 0.2) is 5.13 Å². The van der Waals surface area contributed by atoms with Gasteiger partial charge < -0.3 is 14.4 Å². The quantitative estimate of drug-likeness (QED) is 0.706. The first-order chi connectivity index (χ1) is 12.6. The van der Waals surface area contributed by atoms with Crippen molar-refractivity contribution in [3.8, 4) is 0 Å². The number of rotatable bonds is 4. The van der Waals surface area contributed by atoms with Crippen molar-refractivity contribution in [3.63, 3.8) is 0 Å². The van der Waals surface area contributed by atoms with Gasteiger partial charge in [0.1, 0.15) is 11.2 Å². The van der Waals surface area contributed by atoms with Crippen molar-refractivity contribution in [2.45, 2.75) is 12.8 Å². The van der Waals surface area contributed by atoms with Gasteiger partial charge in [0.25, 0.3) is 5.91 Å². The molecule has 0 spiro atoms. The predicted octanol–water partition coefficient (Wildman–Crippen LogP) is 2.41. The SMILES string of the molecule is CN(CC1CCN(c2nc3cnccc3s2)CC1)C(=O)c1cn(C)cn1. The first kappa shape index (κ1) is 17.0. The van der Waals surface area contributed by atoms with E-state index in [1.807, 2.05) is 32.6 Å². The molecule has 0 bridgehead atoms. The summed E-state index contributed by atoms with van der Waals surface area (Å²) in [4.78, 5) is 29.6. The normalized spacial score (nSPS) is 15.5. The third kappa shape index (κ3) is 3.41. The van der Waals surface area contributed by atoms with E-state index in [1.54, 1.807) is 33.3 Å². The van der Waals surface area contributed by atoms with E-state index in [0.29, 0.717) is 11.6 Å². The molecule has 0 aliphatic carbocycles. The van der Waals surface area contributed by atoms with Gasteiger partial charge in [-0.1, -0.05) is 11.3 Å². The maximum Gasteiger partial charge on any atom is 0.273 e. The van der Waals surface area contributed by atoms with E-state index in [4.69, 9.17) is 4.98 Å². The van der Waals surface area contributed by atoms with Crippen molar-refractivity contribution < 1.29 is 4.79 Å². The Morgan fingerprint density at radius 2 is 2.19 bits per heavy atom.